The molecule has 0 aliphatic rings. The Labute approximate surface area is 120 Å². The average molecular weight is 286 g/mol. The van der Waals surface area contributed by atoms with Gasteiger partial charge in [0.05, 0.1) is 7.11 Å². The molecule has 1 N–H and O–H groups in total. The molecule has 0 aromatic heterocycles. The number of phenols is 1. The van der Waals surface area contributed by atoms with E-state index in [1.807, 2.05) is 30.3 Å². The second-order valence-electron chi connectivity index (χ2n) is 4.72. The topological polar surface area (TPSA) is 29.5 Å². The van der Waals surface area contributed by atoms with Crippen molar-refractivity contribution in [2.24, 2.45) is 0 Å². The van der Waals surface area contributed by atoms with Crippen LogP contribution in [0.25, 0.3) is 21.9 Å². The summed E-state index contributed by atoms with van der Waals surface area (Å²) < 4.78 is 32.0. The molecule has 0 saturated heterocycles. The fraction of sp³-hybridized carbons (Fsp3) is 0.0588. The first-order valence-corrected chi connectivity index (χ1v) is 6.34. The Morgan fingerprint density at radius 2 is 1.43 bits per heavy atom. The maximum Gasteiger partial charge on any atom is 0.187 e. The van der Waals surface area contributed by atoms with Crippen molar-refractivity contribution in [2.75, 3.05) is 7.11 Å². The molecule has 0 unspecified atom stereocenters. The molecule has 0 amide bonds. The highest BCUT2D eigenvalue weighted by Crippen LogP contribution is 2.30. The molecule has 0 aliphatic heterocycles. The molecule has 3 aromatic rings. The summed E-state index contributed by atoms with van der Waals surface area (Å²) >= 11 is 0. The van der Waals surface area contributed by atoms with E-state index in [1.54, 1.807) is 13.2 Å². The van der Waals surface area contributed by atoms with E-state index in [0.29, 0.717) is 11.1 Å². The van der Waals surface area contributed by atoms with Crippen molar-refractivity contribution in [3.05, 3.63) is 60.2 Å². The van der Waals surface area contributed by atoms with Crippen molar-refractivity contribution in [3.8, 4) is 22.6 Å². The van der Waals surface area contributed by atoms with Gasteiger partial charge >= 0.3 is 0 Å². The number of halogens is 2. The minimum absolute atomic E-state index is 0.375. The highest BCUT2D eigenvalue weighted by molar-refractivity contribution is 5.88. The number of fused-ring (bicyclic) bond motifs is 1. The van der Waals surface area contributed by atoms with Gasteiger partial charge in [0.2, 0.25) is 0 Å². The molecule has 106 valence electrons. The third-order valence-corrected chi connectivity index (χ3v) is 3.40. The zero-order valence-corrected chi connectivity index (χ0v) is 11.2. The highest BCUT2D eigenvalue weighted by atomic mass is 19.1. The highest BCUT2D eigenvalue weighted by Gasteiger charge is 2.11. The number of ether oxygens (including phenoxy) is 1. The Balaban J connectivity index is 2.13. The van der Waals surface area contributed by atoms with Crippen LogP contribution in [-0.2, 0) is 0 Å². The number of hydrogen-bond acceptors (Lipinski definition) is 2. The molecule has 21 heavy (non-hydrogen) atoms. The minimum atomic E-state index is -0.972. The molecule has 0 atom stereocenters. The van der Waals surface area contributed by atoms with Gasteiger partial charge < -0.3 is 9.84 Å². The van der Waals surface area contributed by atoms with Crippen LogP contribution in [0.2, 0.25) is 0 Å². The first kappa shape index (κ1) is 13.4. The molecular weight excluding hydrogens is 274 g/mol. The fourth-order valence-electron chi connectivity index (χ4n) is 2.26. The zero-order chi connectivity index (χ0) is 15.0. The lowest BCUT2D eigenvalue weighted by atomic mass is 10.0. The normalized spacial score (nSPS) is 10.8. The summed E-state index contributed by atoms with van der Waals surface area (Å²) in [6.07, 6.45) is 0. The Kier molecular flexibility index (Phi) is 3.22. The SMILES string of the molecule is COc1ccc2cc(-c3cc(F)c(O)c(F)c3)ccc2c1. The summed E-state index contributed by atoms with van der Waals surface area (Å²) in [6, 6.07) is 13.3. The number of hydrogen-bond donors (Lipinski definition) is 1. The van der Waals surface area contributed by atoms with Gasteiger partial charge in [0.1, 0.15) is 5.75 Å². The molecule has 3 rings (SSSR count). The summed E-state index contributed by atoms with van der Waals surface area (Å²) in [7, 11) is 1.59. The molecule has 0 fully saturated rings. The van der Waals surface area contributed by atoms with Gasteiger partial charge in [-0.05, 0) is 52.2 Å². The lowest BCUT2D eigenvalue weighted by molar-refractivity contribution is 0.396. The van der Waals surface area contributed by atoms with E-state index in [9.17, 15) is 8.78 Å². The molecular formula is C17H12F2O2. The molecule has 0 radical (unpaired) electrons. The summed E-state index contributed by atoms with van der Waals surface area (Å²) in [5.74, 6) is -2.15. The van der Waals surface area contributed by atoms with Crippen molar-refractivity contribution < 1.29 is 18.6 Å². The number of benzene rings is 3. The van der Waals surface area contributed by atoms with E-state index < -0.39 is 17.4 Å². The van der Waals surface area contributed by atoms with Gasteiger partial charge in [0, 0.05) is 0 Å². The van der Waals surface area contributed by atoms with Crippen LogP contribution in [0, 0.1) is 11.6 Å². The van der Waals surface area contributed by atoms with E-state index in [-0.39, 0.29) is 0 Å². The van der Waals surface area contributed by atoms with E-state index in [2.05, 4.69) is 0 Å². The Morgan fingerprint density at radius 3 is 2.10 bits per heavy atom. The van der Waals surface area contributed by atoms with Crippen LogP contribution in [0.4, 0.5) is 8.78 Å². The van der Waals surface area contributed by atoms with Gasteiger partial charge in [-0.25, -0.2) is 8.78 Å². The minimum Gasteiger partial charge on any atom is -0.503 e. The van der Waals surface area contributed by atoms with Crippen LogP contribution in [0.3, 0.4) is 0 Å². The predicted octanol–water partition coefficient (Wildman–Crippen LogP) is 4.50. The second kappa shape index (κ2) is 5.05. The Hall–Kier alpha value is -2.62. The Bertz CT molecular complexity index is 805. The molecule has 0 spiro atoms. The third kappa shape index (κ3) is 2.40. The van der Waals surface area contributed by atoms with Gasteiger partial charge in [-0.15, -0.1) is 0 Å². The van der Waals surface area contributed by atoms with E-state index in [1.165, 1.54) is 0 Å². The van der Waals surface area contributed by atoms with Crippen molar-refractivity contribution in [2.45, 2.75) is 0 Å². The lowest BCUT2D eigenvalue weighted by Gasteiger charge is -2.07. The van der Waals surface area contributed by atoms with Crippen molar-refractivity contribution >= 4 is 10.8 Å². The molecule has 0 heterocycles. The summed E-state index contributed by atoms with van der Waals surface area (Å²) in [4.78, 5) is 0. The summed E-state index contributed by atoms with van der Waals surface area (Å²) in [6.45, 7) is 0. The van der Waals surface area contributed by atoms with E-state index >= 15 is 0 Å². The molecule has 2 nitrogen and oxygen atoms in total. The second-order valence-corrected chi connectivity index (χ2v) is 4.72. The number of aromatic hydroxyl groups is 1. The average Bonchev–Trinajstić information content (AvgIpc) is 2.51. The standard InChI is InChI=1S/C17H12F2O2/c1-21-14-5-4-10-6-11(2-3-12(10)7-14)13-8-15(18)17(20)16(19)9-13/h2-9,20H,1H3. The monoisotopic (exact) mass is 286 g/mol. The number of methoxy groups -OCH3 is 1. The molecule has 0 aliphatic carbocycles. The van der Waals surface area contributed by atoms with Crippen LogP contribution in [-0.4, -0.2) is 12.2 Å². The van der Waals surface area contributed by atoms with Crippen LogP contribution in [0.15, 0.2) is 48.5 Å². The van der Waals surface area contributed by atoms with Gasteiger partial charge in [0.15, 0.2) is 17.4 Å². The molecule has 0 saturated carbocycles. The van der Waals surface area contributed by atoms with Gasteiger partial charge in [-0.1, -0.05) is 18.2 Å². The summed E-state index contributed by atoms with van der Waals surface area (Å²) in [5, 5.41) is 11.0. The quantitative estimate of drug-likeness (QED) is 0.751. The maximum absolute atomic E-state index is 13.4. The zero-order valence-electron chi connectivity index (χ0n) is 11.2. The lowest BCUT2D eigenvalue weighted by Crippen LogP contribution is -1.87. The van der Waals surface area contributed by atoms with Gasteiger partial charge in [-0.3, -0.25) is 0 Å². The smallest absolute Gasteiger partial charge is 0.187 e. The third-order valence-electron chi connectivity index (χ3n) is 3.40. The molecule has 4 heteroatoms. The summed E-state index contributed by atoms with van der Waals surface area (Å²) in [5.41, 5.74) is 1.05. The van der Waals surface area contributed by atoms with Crippen LogP contribution >= 0.6 is 0 Å². The number of rotatable bonds is 2. The van der Waals surface area contributed by atoms with Crippen molar-refractivity contribution in [1.29, 1.82) is 0 Å². The van der Waals surface area contributed by atoms with Crippen molar-refractivity contribution in [1.82, 2.24) is 0 Å². The first-order chi connectivity index (χ1) is 10.1. The largest absolute Gasteiger partial charge is 0.503 e. The maximum atomic E-state index is 13.4. The Morgan fingerprint density at radius 1 is 0.810 bits per heavy atom. The predicted molar refractivity (Wildman–Crippen MR) is 77.5 cm³/mol. The number of phenolic OH excluding ortho intramolecular Hbond substituents is 1. The fourth-order valence-corrected chi connectivity index (χ4v) is 2.26. The van der Waals surface area contributed by atoms with Crippen LogP contribution < -0.4 is 4.74 Å². The van der Waals surface area contributed by atoms with Crippen molar-refractivity contribution in [3.63, 3.8) is 0 Å². The molecule has 0 bridgehead atoms. The van der Waals surface area contributed by atoms with Crippen LogP contribution in [0.1, 0.15) is 0 Å². The molecule has 3 aromatic carbocycles. The first-order valence-electron chi connectivity index (χ1n) is 6.34. The van der Waals surface area contributed by atoms with Gasteiger partial charge in [-0.2, -0.15) is 0 Å². The van der Waals surface area contributed by atoms with E-state index in [4.69, 9.17) is 9.84 Å². The van der Waals surface area contributed by atoms with Gasteiger partial charge in [0.25, 0.3) is 0 Å². The van der Waals surface area contributed by atoms with E-state index in [0.717, 1.165) is 28.7 Å². The van der Waals surface area contributed by atoms with Crippen LogP contribution in [0.5, 0.6) is 11.5 Å².